The van der Waals surface area contributed by atoms with Crippen LogP contribution in [0.4, 0.5) is 5.82 Å². The maximum absolute atomic E-state index is 10.4. The lowest BCUT2D eigenvalue weighted by Gasteiger charge is -2.30. The molecule has 1 aliphatic carbocycles. The monoisotopic (exact) mass is 249 g/mol. The van der Waals surface area contributed by atoms with Crippen molar-refractivity contribution in [3.05, 3.63) is 23.4 Å². The Bertz CT molecular complexity index is 414. The average Bonchev–Trinajstić information content (AvgIpc) is 2.75. The molecule has 1 saturated carbocycles. The summed E-state index contributed by atoms with van der Waals surface area (Å²) in [6, 6.07) is 2.07. The van der Waals surface area contributed by atoms with Crippen LogP contribution >= 0.6 is 0 Å². The Morgan fingerprint density at radius 3 is 2.67 bits per heavy atom. The number of aryl methyl sites for hydroxylation is 1. The lowest BCUT2D eigenvalue weighted by molar-refractivity contribution is 0.0558. The molecule has 1 aromatic rings. The molecule has 1 aromatic heterocycles. The second-order valence-electron chi connectivity index (χ2n) is 5.48. The fourth-order valence-corrected chi connectivity index (χ4v) is 2.84. The van der Waals surface area contributed by atoms with Gasteiger partial charge in [-0.15, -0.1) is 0 Å². The highest BCUT2D eigenvalue weighted by atomic mass is 16.3. The lowest BCUT2D eigenvalue weighted by Crippen LogP contribution is -2.39. The highest BCUT2D eigenvalue weighted by Gasteiger charge is 2.32. The van der Waals surface area contributed by atoms with Gasteiger partial charge in [-0.3, -0.25) is 0 Å². The van der Waals surface area contributed by atoms with Crippen LogP contribution in [0.15, 0.2) is 12.3 Å². The number of hydrogen-bond donors (Lipinski definition) is 2. The molecule has 0 unspecified atom stereocenters. The maximum atomic E-state index is 10.4. The first kappa shape index (κ1) is 13.3. The van der Waals surface area contributed by atoms with Gasteiger partial charge in [0.25, 0.3) is 0 Å². The molecule has 2 rings (SSSR count). The van der Waals surface area contributed by atoms with Crippen molar-refractivity contribution >= 4 is 5.82 Å². The van der Waals surface area contributed by atoms with Gasteiger partial charge in [-0.25, -0.2) is 4.98 Å². The second-order valence-corrected chi connectivity index (χ2v) is 5.48. The van der Waals surface area contributed by atoms with Crippen LogP contribution in [0.3, 0.4) is 0 Å². The van der Waals surface area contributed by atoms with Gasteiger partial charge in [0.05, 0.1) is 5.60 Å². The molecule has 1 fully saturated rings. The third-order valence-corrected chi connectivity index (χ3v) is 3.77. The van der Waals surface area contributed by atoms with Gasteiger partial charge in [0.15, 0.2) is 0 Å². The molecule has 0 aromatic carbocycles. The molecule has 1 heterocycles. The Balaban J connectivity index is 2.11. The van der Waals surface area contributed by atoms with Crippen molar-refractivity contribution in [1.82, 2.24) is 4.98 Å². The zero-order valence-electron chi connectivity index (χ0n) is 11.3. The normalized spacial score (nSPS) is 18.0. The molecule has 0 bridgehead atoms. The van der Waals surface area contributed by atoms with Crippen LogP contribution in [0.2, 0.25) is 0 Å². The number of rotatable bonds is 4. The summed E-state index contributed by atoms with van der Waals surface area (Å²) >= 11 is 0. The molecule has 0 saturated heterocycles. The molecule has 0 radical (unpaired) electrons. The van der Waals surface area contributed by atoms with Crippen LogP contribution in [0.1, 0.15) is 36.8 Å². The molecule has 0 aliphatic heterocycles. The van der Waals surface area contributed by atoms with Crippen LogP contribution < -0.4 is 10.6 Å². The predicted molar refractivity (Wildman–Crippen MR) is 73.6 cm³/mol. The van der Waals surface area contributed by atoms with Crippen LogP contribution in [-0.2, 0) is 6.54 Å². The number of nitrogens with zero attached hydrogens (tertiary/aromatic N) is 2. The average molecular weight is 249 g/mol. The number of nitrogens with two attached hydrogens (primary N) is 1. The van der Waals surface area contributed by atoms with E-state index in [1.807, 2.05) is 20.2 Å². The fraction of sp³-hybridized carbons (Fsp3) is 0.643. The number of hydrogen-bond acceptors (Lipinski definition) is 4. The van der Waals surface area contributed by atoms with Crippen molar-refractivity contribution < 1.29 is 5.11 Å². The molecule has 0 spiro atoms. The topological polar surface area (TPSA) is 62.4 Å². The SMILES string of the molecule is Cc1cc(CN)cnc1N(C)CC1(O)CCCC1. The molecule has 18 heavy (non-hydrogen) atoms. The number of aromatic nitrogens is 1. The summed E-state index contributed by atoms with van der Waals surface area (Å²) in [5.74, 6) is 0.938. The first-order chi connectivity index (χ1) is 8.54. The molecular weight excluding hydrogens is 226 g/mol. The van der Waals surface area contributed by atoms with E-state index in [0.717, 1.165) is 42.6 Å². The van der Waals surface area contributed by atoms with E-state index >= 15 is 0 Å². The zero-order chi connectivity index (χ0) is 13.2. The summed E-state index contributed by atoms with van der Waals surface area (Å²) in [6.07, 6.45) is 5.87. The standard InChI is InChI=1S/C14H23N3O/c1-11-7-12(8-15)9-16-13(11)17(2)10-14(18)5-3-4-6-14/h7,9,18H,3-6,8,10,15H2,1-2H3. The molecule has 4 nitrogen and oxygen atoms in total. The molecule has 0 atom stereocenters. The highest BCUT2D eigenvalue weighted by molar-refractivity contribution is 5.47. The summed E-state index contributed by atoms with van der Waals surface area (Å²) < 4.78 is 0. The molecule has 3 N–H and O–H groups in total. The molecule has 1 aliphatic rings. The van der Waals surface area contributed by atoms with E-state index in [1.165, 1.54) is 0 Å². The van der Waals surface area contributed by atoms with Crippen molar-refractivity contribution in [3.63, 3.8) is 0 Å². The summed E-state index contributed by atoms with van der Waals surface area (Å²) in [4.78, 5) is 6.51. The Hall–Kier alpha value is -1.13. The zero-order valence-corrected chi connectivity index (χ0v) is 11.3. The van der Waals surface area contributed by atoms with E-state index < -0.39 is 5.60 Å². The van der Waals surface area contributed by atoms with Gasteiger partial charge in [0.2, 0.25) is 0 Å². The summed E-state index contributed by atoms with van der Waals surface area (Å²) in [5.41, 5.74) is 7.23. The Kier molecular flexibility index (Phi) is 3.88. The van der Waals surface area contributed by atoms with Crippen molar-refractivity contribution in [1.29, 1.82) is 0 Å². The van der Waals surface area contributed by atoms with E-state index in [-0.39, 0.29) is 0 Å². The van der Waals surface area contributed by atoms with E-state index in [4.69, 9.17) is 5.73 Å². The number of anilines is 1. The number of pyridine rings is 1. The first-order valence-electron chi connectivity index (χ1n) is 6.63. The summed E-state index contributed by atoms with van der Waals surface area (Å²) in [7, 11) is 1.99. The van der Waals surface area contributed by atoms with E-state index in [2.05, 4.69) is 16.0 Å². The minimum Gasteiger partial charge on any atom is -0.388 e. The van der Waals surface area contributed by atoms with Crippen molar-refractivity contribution in [2.24, 2.45) is 5.73 Å². The minimum atomic E-state index is -0.532. The van der Waals surface area contributed by atoms with Crippen molar-refractivity contribution in [2.45, 2.75) is 44.8 Å². The highest BCUT2D eigenvalue weighted by Crippen LogP contribution is 2.31. The van der Waals surface area contributed by atoms with Gasteiger partial charge in [0, 0.05) is 26.3 Å². The second kappa shape index (κ2) is 5.24. The van der Waals surface area contributed by atoms with Crippen molar-refractivity contribution in [2.75, 3.05) is 18.5 Å². The first-order valence-corrected chi connectivity index (χ1v) is 6.63. The number of aliphatic hydroxyl groups is 1. The van der Waals surface area contributed by atoms with Gasteiger partial charge < -0.3 is 15.7 Å². The van der Waals surface area contributed by atoms with Crippen molar-refractivity contribution in [3.8, 4) is 0 Å². The van der Waals surface area contributed by atoms with Gasteiger partial charge in [0.1, 0.15) is 5.82 Å². The smallest absolute Gasteiger partial charge is 0.131 e. The lowest BCUT2D eigenvalue weighted by atomic mass is 10.0. The van der Waals surface area contributed by atoms with E-state index in [9.17, 15) is 5.11 Å². The molecule has 4 heteroatoms. The molecule has 0 amide bonds. The van der Waals surface area contributed by atoms with Gasteiger partial charge in [-0.05, 0) is 37.0 Å². The number of likely N-dealkylation sites (N-methyl/N-ethyl adjacent to an activating group) is 1. The van der Waals surface area contributed by atoms with Crippen LogP contribution in [0, 0.1) is 6.92 Å². The van der Waals surface area contributed by atoms with E-state index in [0.29, 0.717) is 13.1 Å². The molecular formula is C14H23N3O. The summed E-state index contributed by atoms with van der Waals surface area (Å²) in [6.45, 7) is 3.21. The molecule has 100 valence electrons. The quantitative estimate of drug-likeness (QED) is 0.850. The maximum Gasteiger partial charge on any atom is 0.131 e. The van der Waals surface area contributed by atoms with Crippen LogP contribution in [0.25, 0.3) is 0 Å². The fourth-order valence-electron chi connectivity index (χ4n) is 2.84. The Morgan fingerprint density at radius 2 is 2.11 bits per heavy atom. The van der Waals surface area contributed by atoms with Gasteiger partial charge in [-0.1, -0.05) is 12.8 Å². The Labute approximate surface area is 109 Å². The Morgan fingerprint density at radius 1 is 1.44 bits per heavy atom. The van der Waals surface area contributed by atoms with E-state index in [1.54, 1.807) is 0 Å². The largest absolute Gasteiger partial charge is 0.388 e. The van der Waals surface area contributed by atoms with Crippen LogP contribution in [-0.4, -0.2) is 29.3 Å². The van der Waals surface area contributed by atoms with Gasteiger partial charge in [-0.2, -0.15) is 0 Å². The van der Waals surface area contributed by atoms with Gasteiger partial charge >= 0.3 is 0 Å². The van der Waals surface area contributed by atoms with Crippen LogP contribution in [0.5, 0.6) is 0 Å². The third-order valence-electron chi connectivity index (χ3n) is 3.77. The minimum absolute atomic E-state index is 0.516. The summed E-state index contributed by atoms with van der Waals surface area (Å²) in [5, 5.41) is 10.4. The third kappa shape index (κ3) is 2.82. The predicted octanol–water partition coefficient (Wildman–Crippen LogP) is 1.59.